The molecule has 7 rings (SSSR count). The van der Waals surface area contributed by atoms with Crippen molar-refractivity contribution in [1.29, 1.82) is 0 Å². The molecule has 0 amide bonds. The fourth-order valence-corrected chi connectivity index (χ4v) is 5.52. The first kappa shape index (κ1) is 28.7. The van der Waals surface area contributed by atoms with Crippen molar-refractivity contribution in [2.24, 2.45) is 0 Å². The first-order valence-corrected chi connectivity index (χ1v) is 14.6. The molecule has 0 saturated heterocycles. The van der Waals surface area contributed by atoms with Gasteiger partial charge in [0.2, 0.25) is 5.75 Å². The maximum Gasteiger partial charge on any atom is 0.308 e. The largest absolute Gasteiger partial charge is 0.493 e. The Morgan fingerprint density at radius 1 is 0.739 bits per heavy atom. The fourth-order valence-electron chi connectivity index (χ4n) is 5.52. The second-order valence-corrected chi connectivity index (χ2v) is 10.7. The minimum atomic E-state index is -1.20. The minimum absolute atomic E-state index is 0.000255. The zero-order valence-corrected chi connectivity index (χ0v) is 25.0. The van der Waals surface area contributed by atoms with E-state index in [2.05, 4.69) is 0 Å². The number of carbonyl (C=O) groups is 1. The van der Waals surface area contributed by atoms with Gasteiger partial charge in [-0.05, 0) is 23.8 Å². The van der Waals surface area contributed by atoms with Gasteiger partial charge in [0.15, 0.2) is 28.4 Å². The van der Waals surface area contributed by atoms with Crippen molar-refractivity contribution in [3.05, 3.63) is 148 Å². The number of hydrogen-bond acceptors (Lipinski definition) is 8. The van der Waals surface area contributed by atoms with Crippen LogP contribution in [-0.2, 0) is 17.2 Å². The average molecular weight is 613 g/mol. The van der Waals surface area contributed by atoms with Crippen molar-refractivity contribution in [3.63, 3.8) is 0 Å². The molecule has 2 heterocycles. The molecule has 8 nitrogen and oxygen atoms in total. The molecule has 1 aliphatic heterocycles. The van der Waals surface area contributed by atoms with Gasteiger partial charge in [0, 0.05) is 35.7 Å². The van der Waals surface area contributed by atoms with E-state index in [4.69, 9.17) is 28.1 Å². The first-order chi connectivity index (χ1) is 22.4. The molecule has 0 bridgehead atoms. The van der Waals surface area contributed by atoms with E-state index in [-0.39, 0.29) is 40.6 Å². The zero-order chi connectivity index (χ0) is 31.7. The lowest BCUT2D eigenvalue weighted by molar-refractivity contribution is -0.132. The van der Waals surface area contributed by atoms with E-state index in [0.717, 1.165) is 16.7 Å². The number of benzene rings is 5. The highest BCUT2D eigenvalue weighted by Gasteiger charge is 2.45. The van der Waals surface area contributed by atoms with Gasteiger partial charge in [0.25, 0.3) is 0 Å². The van der Waals surface area contributed by atoms with Crippen LogP contribution >= 0.6 is 0 Å². The molecule has 0 N–H and O–H groups in total. The summed E-state index contributed by atoms with van der Waals surface area (Å²) < 4.78 is 36.6. The van der Waals surface area contributed by atoms with Gasteiger partial charge in [0.05, 0.1) is 7.11 Å². The maximum absolute atomic E-state index is 13.8. The molecule has 1 aliphatic rings. The Hall–Kier alpha value is -6.02. The highest BCUT2D eigenvalue weighted by atomic mass is 16.7. The molecule has 0 fully saturated rings. The Bertz CT molecular complexity index is 2070. The van der Waals surface area contributed by atoms with Crippen LogP contribution in [0, 0.1) is 0 Å². The topological polar surface area (TPSA) is 93.4 Å². The monoisotopic (exact) mass is 612 g/mol. The average Bonchev–Trinajstić information content (AvgIpc) is 3.49. The predicted molar refractivity (Wildman–Crippen MR) is 171 cm³/mol. The molecule has 1 aromatic heterocycles. The quantitative estimate of drug-likeness (QED) is 0.128. The van der Waals surface area contributed by atoms with Crippen LogP contribution in [0.5, 0.6) is 28.7 Å². The van der Waals surface area contributed by atoms with Crippen molar-refractivity contribution in [1.82, 2.24) is 0 Å². The van der Waals surface area contributed by atoms with Crippen LogP contribution in [0.4, 0.5) is 0 Å². The molecule has 8 heteroatoms. The van der Waals surface area contributed by atoms with Crippen molar-refractivity contribution < 1.29 is 32.9 Å². The number of ether oxygens (including phenoxy) is 5. The second-order valence-electron chi connectivity index (χ2n) is 10.7. The third-order valence-electron chi connectivity index (χ3n) is 7.63. The van der Waals surface area contributed by atoms with Gasteiger partial charge in [-0.3, -0.25) is 9.59 Å². The lowest BCUT2D eigenvalue weighted by atomic mass is 9.97. The van der Waals surface area contributed by atoms with Crippen molar-refractivity contribution in [3.8, 4) is 40.1 Å². The highest BCUT2D eigenvalue weighted by Crippen LogP contribution is 2.49. The SMILES string of the molecule is COc1cc2oc(-c3ccc4c(c3)OC(c3ccccc3)(c3ccccc3)O4)cc(=O)c2c(OCc2ccccc2)c1OC(C)=O. The van der Waals surface area contributed by atoms with Gasteiger partial charge >= 0.3 is 11.8 Å². The molecule has 6 aromatic rings. The van der Waals surface area contributed by atoms with Gasteiger partial charge in [-0.15, -0.1) is 0 Å². The Morgan fingerprint density at radius 3 is 2.00 bits per heavy atom. The summed E-state index contributed by atoms with van der Waals surface area (Å²) >= 11 is 0. The van der Waals surface area contributed by atoms with E-state index in [1.54, 1.807) is 18.2 Å². The fraction of sp³-hybridized carbons (Fsp3) is 0.105. The number of rotatable bonds is 8. The van der Waals surface area contributed by atoms with Gasteiger partial charge in [-0.25, -0.2) is 0 Å². The molecular formula is C38H28O8. The van der Waals surface area contributed by atoms with Crippen LogP contribution in [0.2, 0.25) is 0 Å². The number of fused-ring (bicyclic) bond motifs is 2. The molecule has 0 atom stereocenters. The number of hydrogen-bond donors (Lipinski definition) is 0. The Balaban J connectivity index is 1.31. The lowest BCUT2D eigenvalue weighted by Crippen LogP contribution is -2.36. The van der Waals surface area contributed by atoms with E-state index < -0.39 is 17.2 Å². The van der Waals surface area contributed by atoms with Gasteiger partial charge in [0.1, 0.15) is 23.3 Å². The number of esters is 1. The van der Waals surface area contributed by atoms with Crippen molar-refractivity contribution >= 4 is 16.9 Å². The summed E-state index contributed by atoms with van der Waals surface area (Å²) in [5.74, 6) is -0.240. The van der Waals surface area contributed by atoms with E-state index in [1.165, 1.54) is 26.2 Å². The summed E-state index contributed by atoms with van der Waals surface area (Å²) in [6.07, 6.45) is 0. The molecule has 46 heavy (non-hydrogen) atoms. The number of methoxy groups -OCH3 is 1. The summed E-state index contributed by atoms with van der Waals surface area (Å²) in [5.41, 5.74) is 2.91. The molecule has 0 spiro atoms. The summed E-state index contributed by atoms with van der Waals surface area (Å²) in [4.78, 5) is 25.8. The van der Waals surface area contributed by atoms with E-state index in [0.29, 0.717) is 17.1 Å². The molecule has 0 unspecified atom stereocenters. The van der Waals surface area contributed by atoms with Crippen molar-refractivity contribution in [2.45, 2.75) is 19.3 Å². The van der Waals surface area contributed by atoms with Crippen LogP contribution in [0.3, 0.4) is 0 Å². The smallest absolute Gasteiger partial charge is 0.308 e. The van der Waals surface area contributed by atoms with Gasteiger partial charge in [-0.1, -0.05) is 91.0 Å². The summed E-state index contributed by atoms with van der Waals surface area (Å²) in [5, 5.41) is 0.115. The second kappa shape index (κ2) is 11.8. The minimum Gasteiger partial charge on any atom is -0.493 e. The molecular weight excluding hydrogens is 584 g/mol. The standard InChI is InChI=1S/C38H28O8/c1-24(39)43-36-34(41-2)22-33-35(37(36)42-23-25-12-6-3-7-13-25)29(40)21-31(44-33)26-18-19-30-32(20-26)46-38(45-30,27-14-8-4-9-15-27)28-16-10-5-11-17-28/h3-22H,23H2,1-2H3. The van der Waals surface area contributed by atoms with Gasteiger partial charge in [-0.2, -0.15) is 0 Å². The lowest BCUT2D eigenvalue weighted by Gasteiger charge is -2.28. The highest BCUT2D eigenvalue weighted by molar-refractivity contribution is 5.91. The van der Waals surface area contributed by atoms with Crippen LogP contribution in [0.15, 0.2) is 131 Å². The van der Waals surface area contributed by atoms with Gasteiger partial charge < -0.3 is 28.1 Å². The molecule has 0 saturated carbocycles. The Labute approximate surface area is 264 Å². The third kappa shape index (κ3) is 5.20. The number of carbonyl (C=O) groups excluding carboxylic acids is 1. The van der Waals surface area contributed by atoms with E-state index in [9.17, 15) is 9.59 Å². The van der Waals surface area contributed by atoms with Crippen molar-refractivity contribution in [2.75, 3.05) is 7.11 Å². The third-order valence-corrected chi connectivity index (χ3v) is 7.63. The predicted octanol–water partition coefficient (Wildman–Crippen LogP) is 7.65. The molecule has 0 radical (unpaired) electrons. The van der Waals surface area contributed by atoms with Crippen LogP contribution in [-0.4, -0.2) is 13.1 Å². The summed E-state index contributed by atoms with van der Waals surface area (Å²) in [6, 6.07) is 37.1. The maximum atomic E-state index is 13.8. The van der Waals surface area contributed by atoms with Crippen LogP contribution in [0.25, 0.3) is 22.3 Å². The Kier molecular flexibility index (Phi) is 7.38. The summed E-state index contributed by atoms with van der Waals surface area (Å²) in [7, 11) is 1.43. The van der Waals surface area contributed by atoms with E-state index >= 15 is 0 Å². The molecule has 0 aliphatic carbocycles. The van der Waals surface area contributed by atoms with E-state index in [1.807, 2.05) is 91.0 Å². The summed E-state index contributed by atoms with van der Waals surface area (Å²) in [6.45, 7) is 1.38. The molecule has 5 aromatic carbocycles. The Morgan fingerprint density at radius 2 is 1.37 bits per heavy atom. The molecule has 228 valence electrons. The normalized spacial score (nSPS) is 12.9. The van der Waals surface area contributed by atoms with Crippen LogP contribution < -0.4 is 29.1 Å². The van der Waals surface area contributed by atoms with Crippen LogP contribution in [0.1, 0.15) is 23.6 Å². The first-order valence-electron chi connectivity index (χ1n) is 14.6. The zero-order valence-electron chi connectivity index (χ0n) is 25.0.